The predicted molar refractivity (Wildman–Crippen MR) is 149 cm³/mol. The molecule has 1 N–H and O–H groups in total. The summed E-state index contributed by atoms with van der Waals surface area (Å²) in [5, 5.41) is 10.2. The lowest BCUT2D eigenvalue weighted by atomic mass is 9.77. The van der Waals surface area contributed by atoms with Gasteiger partial charge in [-0.1, -0.05) is 54.6 Å². The van der Waals surface area contributed by atoms with Crippen molar-refractivity contribution in [2.45, 2.75) is 5.60 Å². The number of aromatic hydroxyl groups is 1. The largest absolute Gasteiger partial charge is 0.647 e. The van der Waals surface area contributed by atoms with Crippen LogP contribution in [0, 0.1) is 0 Å². The minimum atomic E-state index is -4.27. The summed E-state index contributed by atoms with van der Waals surface area (Å²) in [7, 11) is -4.27. The van der Waals surface area contributed by atoms with Crippen LogP contribution in [-0.2, 0) is 14.9 Å². The van der Waals surface area contributed by atoms with E-state index >= 15 is 0 Å². The number of phosphoric acid groups is 1. The van der Waals surface area contributed by atoms with Crippen molar-refractivity contribution in [3.05, 3.63) is 144 Å². The third-order valence-corrected chi connectivity index (χ3v) is 8.11. The van der Waals surface area contributed by atoms with Crippen LogP contribution in [0.2, 0.25) is 0 Å². The molecule has 8 nitrogen and oxygen atoms in total. The van der Waals surface area contributed by atoms with Crippen molar-refractivity contribution in [1.29, 1.82) is 0 Å². The molecule has 202 valence electrons. The van der Waals surface area contributed by atoms with E-state index in [4.69, 9.17) is 23.0 Å². The number of carbonyl (C=O) groups excluding carboxylic acids is 1. The molecule has 2 aliphatic heterocycles. The van der Waals surface area contributed by atoms with Gasteiger partial charge in [0.15, 0.2) is 5.60 Å². The van der Waals surface area contributed by atoms with Crippen molar-refractivity contribution >= 4 is 13.8 Å². The Hall–Kier alpha value is -5.20. The number of rotatable bonds is 6. The van der Waals surface area contributed by atoms with Gasteiger partial charge in [-0.2, -0.15) is 4.57 Å². The van der Waals surface area contributed by atoms with Gasteiger partial charge in [0.05, 0.1) is 5.56 Å². The fourth-order valence-corrected chi connectivity index (χ4v) is 6.35. The first-order chi connectivity index (χ1) is 19.9. The van der Waals surface area contributed by atoms with E-state index in [0.29, 0.717) is 39.5 Å². The van der Waals surface area contributed by atoms with E-state index in [1.807, 2.05) is 12.1 Å². The molecular weight excluding hydrogens is 543 g/mol. The van der Waals surface area contributed by atoms with Gasteiger partial charge in [0.2, 0.25) is 0 Å². The minimum Gasteiger partial charge on any atom is -0.508 e. The summed E-state index contributed by atoms with van der Waals surface area (Å²) in [6.45, 7) is 0. The highest BCUT2D eigenvalue weighted by Crippen LogP contribution is 2.58. The average Bonchev–Trinajstić information content (AvgIpc) is 3.26. The SMILES string of the molecule is O=C1OC2(c3ccc(O)cc3Oc3cc(OP(=O)(Oc4ccccc4)Oc4ccccc4)ccc32)c2ccccc21. The first-order valence-corrected chi connectivity index (χ1v) is 14.2. The van der Waals surface area contributed by atoms with Gasteiger partial charge in [0, 0.05) is 28.8 Å². The Balaban J connectivity index is 1.32. The number of hydrogen-bond donors (Lipinski definition) is 1. The van der Waals surface area contributed by atoms with Gasteiger partial charge >= 0.3 is 13.8 Å². The van der Waals surface area contributed by atoms with E-state index in [2.05, 4.69) is 0 Å². The number of phenols is 1. The van der Waals surface area contributed by atoms with Crippen molar-refractivity contribution in [3.8, 4) is 34.5 Å². The van der Waals surface area contributed by atoms with Crippen molar-refractivity contribution in [2.75, 3.05) is 0 Å². The number of benzene rings is 5. The number of phenolic OH excluding ortho intramolecular Hbond substituents is 1. The van der Waals surface area contributed by atoms with Crippen LogP contribution in [-0.4, -0.2) is 11.1 Å². The molecule has 2 aliphatic rings. The third-order valence-electron chi connectivity index (χ3n) is 6.81. The number of hydrogen-bond acceptors (Lipinski definition) is 8. The second-order valence-electron chi connectivity index (χ2n) is 9.40. The van der Waals surface area contributed by atoms with Crippen molar-refractivity contribution in [1.82, 2.24) is 0 Å². The smallest absolute Gasteiger partial charge is 0.508 e. The Bertz CT molecular complexity index is 1790. The van der Waals surface area contributed by atoms with Gasteiger partial charge in [-0.3, -0.25) is 0 Å². The molecule has 0 bridgehead atoms. The Morgan fingerprint density at radius 3 is 1.85 bits per heavy atom. The number of ether oxygens (including phenoxy) is 2. The van der Waals surface area contributed by atoms with Crippen LogP contribution in [0.25, 0.3) is 0 Å². The number of fused-ring (bicyclic) bond motifs is 6. The molecule has 41 heavy (non-hydrogen) atoms. The molecular formula is C32H21O8P. The number of esters is 1. The maximum absolute atomic E-state index is 14.0. The molecule has 0 saturated carbocycles. The van der Waals surface area contributed by atoms with Crippen molar-refractivity contribution in [2.24, 2.45) is 0 Å². The zero-order valence-electron chi connectivity index (χ0n) is 21.3. The van der Waals surface area contributed by atoms with Crippen molar-refractivity contribution < 1.29 is 37.5 Å². The van der Waals surface area contributed by atoms with E-state index in [1.165, 1.54) is 18.2 Å². The summed E-state index contributed by atoms with van der Waals surface area (Å²) in [4.78, 5) is 13.0. The first-order valence-electron chi connectivity index (χ1n) is 12.7. The lowest BCUT2D eigenvalue weighted by Crippen LogP contribution is -2.32. The number of carbonyl (C=O) groups is 1. The standard InChI is InChI=1S/C32H21O8P/c33-21-15-17-27-29(19-21)36-30-20-24(16-18-28(30)32(27)26-14-8-7-13-25(26)31(34)37-32)40-41(35,38-22-9-3-1-4-10-22)39-23-11-5-2-6-12-23/h1-20,33H. The second kappa shape index (κ2) is 9.47. The molecule has 5 aromatic rings. The molecule has 1 unspecified atom stereocenters. The fourth-order valence-electron chi connectivity index (χ4n) is 5.11. The van der Waals surface area contributed by atoms with Crippen LogP contribution in [0.3, 0.4) is 0 Å². The van der Waals surface area contributed by atoms with Crippen LogP contribution in [0.1, 0.15) is 27.0 Å². The molecule has 0 saturated heterocycles. The van der Waals surface area contributed by atoms with Crippen molar-refractivity contribution in [3.63, 3.8) is 0 Å². The maximum Gasteiger partial charge on any atom is 0.647 e. The summed E-state index contributed by atoms with van der Waals surface area (Å²) in [5.41, 5.74) is 0.829. The molecule has 0 amide bonds. The van der Waals surface area contributed by atoms with Gasteiger partial charge < -0.3 is 28.2 Å². The van der Waals surface area contributed by atoms with E-state index in [1.54, 1.807) is 91.0 Å². The van der Waals surface area contributed by atoms with Crippen LogP contribution >= 0.6 is 7.82 Å². The lowest BCUT2D eigenvalue weighted by molar-refractivity contribution is 0.0224. The molecule has 0 aromatic heterocycles. The molecule has 0 aliphatic carbocycles. The van der Waals surface area contributed by atoms with Gasteiger partial charge in [0.1, 0.15) is 34.5 Å². The highest BCUT2D eigenvalue weighted by atomic mass is 31.2. The summed E-state index contributed by atoms with van der Waals surface area (Å²) in [5.74, 6) is 0.765. The summed E-state index contributed by atoms with van der Waals surface area (Å²) < 4.78 is 43.7. The Labute approximate surface area is 234 Å². The normalized spacial score (nSPS) is 16.5. The zero-order valence-corrected chi connectivity index (χ0v) is 22.2. The molecule has 1 spiro atoms. The molecule has 5 aromatic carbocycles. The Morgan fingerprint density at radius 1 is 0.610 bits per heavy atom. The van der Waals surface area contributed by atoms with Gasteiger partial charge in [0.25, 0.3) is 0 Å². The summed E-state index contributed by atoms with van der Waals surface area (Å²) >= 11 is 0. The Kier molecular flexibility index (Phi) is 5.73. The zero-order chi connectivity index (χ0) is 28.0. The molecule has 0 radical (unpaired) electrons. The van der Waals surface area contributed by atoms with Crippen LogP contribution in [0.5, 0.6) is 34.5 Å². The topological polar surface area (TPSA) is 101 Å². The first kappa shape index (κ1) is 24.8. The summed E-state index contributed by atoms with van der Waals surface area (Å²) in [6.07, 6.45) is 0. The quantitative estimate of drug-likeness (QED) is 0.166. The molecule has 2 heterocycles. The molecule has 1 atom stereocenters. The predicted octanol–water partition coefficient (Wildman–Crippen LogP) is 7.61. The molecule has 0 fully saturated rings. The fraction of sp³-hybridized carbons (Fsp3) is 0.0312. The molecule has 9 heteroatoms. The molecule has 7 rings (SSSR count). The number of phosphoric ester groups is 1. The van der Waals surface area contributed by atoms with Gasteiger partial charge in [-0.15, -0.1) is 0 Å². The highest BCUT2D eigenvalue weighted by Gasteiger charge is 2.53. The minimum absolute atomic E-state index is 0.0237. The summed E-state index contributed by atoms with van der Waals surface area (Å²) in [6, 6.07) is 33.7. The van der Waals surface area contributed by atoms with Crippen LogP contribution in [0.15, 0.2) is 121 Å². The number of para-hydroxylation sites is 2. The van der Waals surface area contributed by atoms with E-state index < -0.39 is 19.4 Å². The van der Waals surface area contributed by atoms with E-state index in [9.17, 15) is 14.5 Å². The van der Waals surface area contributed by atoms with Gasteiger partial charge in [-0.25, -0.2) is 4.79 Å². The second-order valence-corrected chi connectivity index (χ2v) is 10.8. The highest BCUT2D eigenvalue weighted by molar-refractivity contribution is 7.49. The Morgan fingerprint density at radius 2 is 1.17 bits per heavy atom. The van der Waals surface area contributed by atoms with Crippen LogP contribution in [0.4, 0.5) is 0 Å². The van der Waals surface area contributed by atoms with E-state index in [-0.39, 0.29) is 17.2 Å². The van der Waals surface area contributed by atoms with Crippen LogP contribution < -0.4 is 18.3 Å². The average molecular weight is 564 g/mol. The van der Waals surface area contributed by atoms with Gasteiger partial charge in [-0.05, 0) is 54.6 Å². The lowest BCUT2D eigenvalue weighted by Gasteiger charge is -2.36. The van der Waals surface area contributed by atoms with E-state index in [0.717, 1.165) is 0 Å². The maximum atomic E-state index is 14.0. The third kappa shape index (κ3) is 4.26. The monoisotopic (exact) mass is 564 g/mol.